The summed E-state index contributed by atoms with van der Waals surface area (Å²) in [6.45, 7) is 0. The maximum atomic E-state index is 13.3. The molecule has 0 bridgehead atoms. The fourth-order valence-corrected chi connectivity index (χ4v) is 1.90. The predicted molar refractivity (Wildman–Crippen MR) is 60.4 cm³/mol. The van der Waals surface area contributed by atoms with E-state index < -0.39 is 11.8 Å². The fraction of sp³-hybridized carbons (Fsp3) is 0.100. The molecule has 2 nitrogen and oxygen atoms in total. The average molecular weight is 294 g/mol. The van der Waals surface area contributed by atoms with Crippen molar-refractivity contribution < 1.29 is 14.3 Å². The molecule has 0 aliphatic carbocycles. The van der Waals surface area contributed by atoms with E-state index in [2.05, 4.69) is 15.9 Å². The zero-order valence-electron chi connectivity index (χ0n) is 7.51. The molecule has 0 aliphatic rings. The van der Waals surface area contributed by atoms with Gasteiger partial charge in [-0.1, -0.05) is 39.7 Å². The maximum absolute atomic E-state index is 13.3. The number of aliphatic carboxylic acids is 1. The minimum atomic E-state index is -0.961. The van der Waals surface area contributed by atoms with Crippen molar-refractivity contribution in [2.24, 2.45) is 0 Å². The van der Waals surface area contributed by atoms with Crippen LogP contribution in [0.3, 0.4) is 0 Å². The quantitative estimate of drug-likeness (QED) is 0.922. The molecule has 1 aromatic rings. The van der Waals surface area contributed by atoms with E-state index >= 15 is 0 Å². The maximum Gasteiger partial charge on any atom is 0.307 e. The Morgan fingerprint density at radius 2 is 2.27 bits per heavy atom. The highest BCUT2D eigenvalue weighted by Crippen LogP contribution is 2.25. The van der Waals surface area contributed by atoms with Crippen LogP contribution in [0.25, 0.3) is 6.08 Å². The molecule has 1 N–H and O–H groups in total. The summed E-state index contributed by atoms with van der Waals surface area (Å²) in [6.07, 6.45) is 2.64. The lowest BCUT2D eigenvalue weighted by Crippen LogP contribution is -1.90. The Hall–Kier alpha value is -0.870. The second-order valence-electron chi connectivity index (χ2n) is 2.78. The monoisotopic (exact) mass is 292 g/mol. The molecule has 80 valence electrons. The molecule has 0 heterocycles. The summed E-state index contributed by atoms with van der Waals surface area (Å²) in [7, 11) is 0. The normalized spacial score (nSPS) is 10.9. The Kier molecular flexibility index (Phi) is 4.29. The largest absolute Gasteiger partial charge is 0.481 e. The molecule has 0 aliphatic heterocycles. The Bertz CT molecular complexity index is 395. The van der Waals surface area contributed by atoms with Crippen molar-refractivity contribution >= 4 is 39.6 Å². The number of benzene rings is 1. The van der Waals surface area contributed by atoms with Crippen LogP contribution >= 0.6 is 27.5 Å². The van der Waals surface area contributed by atoms with Gasteiger partial charge < -0.3 is 5.11 Å². The number of hydrogen-bond acceptors (Lipinski definition) is 1. The molecule has 1 aromatic carbocycles. The van der Waals surface area contributed by atoms with E-state index in [0.29, 0.717) is 10.0 Å². The van der Waals surface area contributed by atoms with Crippen LogP contribution in [0.15, 0.2) is 22.7 Å². The van der Waals surface area contributed by atoms with Crippen LogP contribution in [0.5, 0.6) is 0 Å². The van der Waals surface area contributed by atoms with Crippen molar-refractivity contribution in [3.63, 3.8) is 0 Å². The molecular formula is C10H7BrClFO2. The smallest absolute Gasteiger partial charge is 0.307 e. The van der Waals surface area contributed by atoms with Gasteiger partial charge >= 0.3 is 5.97 Å². The molecule has 0 atom stereocenters. The molecule has 1 rings (SSSR count). The summed E-state index contributed by atoms with van der Waals surface area (Å²) in [5, 5.41) is 8.68. The van der Waals surface area contributed by atoms with Gasteiger partial charge in [-0.05, 0) is 12.1 Å². The van der Waals surface area contributed by atoms with Gasteiger partial charge in [-0.15, -0.1) is 0 Å². The van der Waals surface area contributed by atoms with Gasteiger partial charge in [0.25, 0.3) is 0 Å². The number of carboxylic acids is 1. The second-order valence-corrected chi connectivity index (χ2v) is 4.07. The van der Waals surface area contributed by atoms with E-state index in [9.17, 15) is 9.18 Å². The molecule has 0 unspecified atom stereocenters. The van der Waals surface area contributed by atoms with Crippen LogP contribution in [0.2, 0.25) is 5.02 Å². The van der Waals surface area contributed by atoms with Crippen molar-refractivity contribution in [3.05, 3.63) is 39.1 Å². The highest BCUT2D eigenvalue weighted by Gasteiger charge is 2.05. The van der Waals surface area contributed by atoms with Crippen LogP contribution < -0.4 is 0 Å². The van der Waals surface area contributed by atoms with Crippen LogP contribution in [-0.2, 0) is 4.79 Å². The molecule has 0 radical (unpaired) electrons. The van der Waals surface area contributed by atoms with Crippen LogP contribution in [-0.4, -0.2) is 11.1 Å². The number of hydrogen-bond donors (Lipinski definition) is 1. The third-order valence-electron chi connectivity index (χ3n) is 1.62. The van der Waals surface area contributed by atoms with Crippen molar-refractivity contribution in [3.8, 4) is 0 Å². The number of halogens is 3. The van der Waals surface area contributed by atoms with Crippen molar-refractivity contribution in [2.45, 2.75) is 6.42 Å². The van der Waals surface area contributed by atoms with Gasteiger partial charge in [-0.25, -0.2) is 4.39 Å². The average Bonchev–Trinajstić information content (AvgIpc) is 2.08. The minimum Gasteiger partial charge on any atom is -0.481 e. The van der Waals surface area contributed by atoms with Crippen LogP contribution in [0.4, 0.5) is 4.39 Å². The van der Waals surface area contributed by atoms with Gasteiger partial charge in [-0.3, -0.25) is 4.79 Å². The summed E-state index contributed by atoms with van der Waals surface area (Å²) in [6, 6.07) is 2.72. The predicted octanol–water partition coefficient (Wildman–Crippen LogP) is 3.73. The first-order chi connectivity index (χ1) is 7.00. The van der Waals surface area contributed by atoms with E-state index in [0.717, 1.165) is 0 Å². The third-order valence-corrected chi connectivity index (χ3v) is 2.50. The van der Waals surface area contributed by atoms with E-state index in [1.54, 1.807) is 6.07 Å². The Balaban J connectivity index is 2.94. The summed E-state index contributed by atoms with van der Waals surface area (Å²) < 4.78 is 13.8. The fourth-order valence-electron chi connectivity index (χ4n) is 0.990. The lowest BCUT2D eigenvalue weighted by atomic mass is 10.2. The van der Waals surface area contributed by atoms with Gasteiger partial charge in [0.2, 0.25) is 0 Å². The van der Waals surface area contributed by atoms with Crippen LogP contribution in [0, 0.1) is 5.82 Å². The first-order valence-electron chi connectivity index (χ1n) is 4.03. The van der Waals surface area contributed by atoms with Gasteiger partial charge in [0.15, 0.2) is 0 Å². The molecule has 0 saturated heterocycles. The Morgan fingerprint density at radius 3 is 2.80 bits per heavy atom. The van der Waals surface area contributed by atoms with Crippen molar-refractivity contribution in [1.82, 2.24) is 0 Å². The van der Waals surface area contributed by atoms with Crippen molar-refractivity contribution in [1.29, 1.82) is 0 Å². The topological polar surface area (TPSA) is 37.3 Å². The van der Waals surface area contributed by atoms with Gasteiger partial charge in [-0.2, -0.15) is 0 Å². The number of carbonyl (C=O) groups is 1. The number of carboxylic acid groups (broad SMARTS) is 1. The highest BCUT2D eigenvalue weighted by atomic mass is 79.9. The van der Waals surface area contributed by atoms with E-state index in [1.165, 1.54) is 18.2 Å². The standard InChI is InChI=1S/C10H7BrClFO2/c11-8-4-6(12)5-9(13)7(8)2-1-3-10(14)15/h1-2,4-5H,3H2,(H,14,15). The molecule has 0 fully saturated rings. The highest BCUT2D eigenvalue weighted by molar-refractivity contribution is 9.10. The second kappa shape index (κ2) is 5.28. The number of rotatable bonds is 3. The van der Waals surface area contributed by atoms with E-state index in [1.807, 2.05) is 0 Å². The lowest BCUT2D eigenvalue weighted by molar-refractivity contribution is -0.135. The van der Waals surface area contributed by atoms with Crippen molar-refractivity contribution in [2.75, 3.05) is 0 Å². The molecule has 0 amide bonds. The molecule has 5 heteroatoms. The zero-order chi connectivity index (χ0) is 11.4. The van der Waals surface area contributed by atoms with Gasteiger partial charge in [0, 0.05) is 15.1 Å². The summed E-state index contributed by atoms with van der Waals surface area (Å²) in [4.78, 5) is 10.2. The zero-order valence-corrected chi connectivity index (χ0v) is 9.85. The molecule has 0 saturated carbocycles. The minimum absolute atomic E-state index is 0.144. The first kappa shape index (κ1) is 12.2. The summed E-state index contributed by atoms with van der Waals surface area (Å²) >= 11 is 8.76. The summed E-state index contributed by atoms with van der Waals surface area (Å²) in [5.74, 6) is -1.45. The first-order valence-corrected chi connectivity index (χ1v) is 5.20. The molecule has 0 aromatic heterocycles. The van der Waals surface area contributed by atoms with Crippen LogP contribution in [0.1, 0.15) is 12.0 Å². The molecule has 15 heavy (non-hydrogen) atoms. The SMILES string of the molecule is O=C(O)CC=Cc1c(F)cc(Cl)cc1Br. The molecule has 0 spiro atoms. The van der Waals surface area contributed by atoms with Gasteiger partial charge in [0.1, 0.15) is 5.82 Å². The molecular weight excluding hydrogens is 286 g/mol. The van der Waals surface area contributed by atoms with E-state index in [-0.39, 0.29) is 11.4 Å². The Morgan fingerprint density at radius 1 is 1.60 bits per heavy atom. The van der Waals surface area contributed by atoms with Gasteiger partial charge in [0.05, 0.1) is 6.42 Å². The third kappa shape index (κ3) is 3.64. The van der Waals surface area contributed by atoms with E-state index in [4.69, 9.17) is 16.7 Å². The Labute approximate surface area is 99.5 Å². The lowest BCUT2D eigenvalue weighted by Gasteiger charge is -2.01. The summed E-state index contributed by atoms with van der Waals surface area (Å²) in [5.41, 5.74) is 0.292.